The molecular formula is C44H75NO8. The first-order valence-corrected chi connectivity index (χ1v) is 20.6. The van der Waals surface area contributed by atoms with E-state index in [1.54, 1.807) is 0 Å². The topological polar surface area (TPSA) is 149 Å². The molecule has 1 fully saturated rings. The monoisotopic (exact) mass is 746 g/mol. The summed E-state index contributed by atoms with van der Waals surface area (Å²) in [4.78, 5) is 12.8. The van der Waals surface area contributed by atoms with Crippen molar-refractivity contribution in [2.45, 2.75) is 185 Å². The smallest absolute Gasteiger partial charge is 0.220 e. The minimum atomic E-state index is -1.55. The van der Waals surface area contributed by atoms with Crippen LogP contribution < -0.4 is 5.32 Å². The zero-order valence-electron chi connectivity index (χ0n) is 33.0. The molecule has 304 valence electrons. The van der Waals surface area contributed by atoms with Gasteiger partial charge in [0, 0.05) is 6.42 Å². The lowest BCUT2D eigenvalue weighted by molar-refractivity contribution is -0.302. The number of aliphatic hydroxyl groups excluding tert-OH is 5. The second-order valence-corrected chi connectivity index (χ2v) is 14.1. The number of unbranched alkanes of at least 4 members (excludes halogenated alkanes) is 10. The Morgan fingerprint density at radius 2 is 1.17 bits per heavy atom. The summed E-state index contributed by atoms with van der Waals surface area (Å²) < 4.78 is 11.1. The average molecular weight is 746 g/mol. The summed E-state index contributed by atoms with van der Waals surface area (Å²) in [5.74, 6) is -0.170. The Balaban J connectivity index is 2.13. The Morgan fingerprint density at radius 1 is 0.660 bits per heavy atom. The summed E-state index contributed by atoms with van der Waals surface area (Å²) >= 11 is 0. The Hall–Kier alpha value is -2.37. The van der Waals surface area contributed by atoms with Crippen molar-refractivity contribution in [1.29, 1.82) is 0 Å². The van der Waals surface area contributed by atoms with Gasteiger partial charge in [0.25, 0.3) is 0 Å². The Morgan fingerprint density at radius 3 is 1.70 bits per heavy atom. The van der Waals surface area contributed by atoms with Gasteiger partial charge in [0.05, 0.1) is 25.4 Å². The molecule has 7 atom stereocenters. The highest BCUT2D eigenvalue weighted by atomic mass is 16.7. The van der Waals surface area contributed by atoms with E-state index in [0.29, 0.717) is 12.8 Å². The lowest BCUT2D eigenvalue weighted by atomic mass is 9.99. The second kappa shape index (κ2) is 34.1. The number of hydrogen-bond acceptors (Lipinski definition) is 8. The van der Waals surface area contributed by atoms with Crippen LogP contribution in [-0.4, -0.2) is 87.5 Å². The minimum Gasteiger partial charge on any atom is -0.394 e. The number of carbonyl (C=O) groups is 1. The number of carbonyl (C=O) groups excluding carboxylic acids is 1. The number of rotatable bonds is 32. The molecule has 0 bridgehead atoms. The van der Waals surface area contributed by atoms with Gasteiger partial charge in [-0.05, 0) is 64.2 Å². The molecule has 53 heavy (non-hydrogen) atoms. The maximum absolute atomic E-state index is 12.8. The third-order valence-electron chi connectivity index (χ3n) is 9.32. The first-order chi connectivity index (χ1) is 25.8. The van der Waals surface area contributed by atoms with Crippen LogP contribution in [0.3, 0.4) is 0 Å². The van der Waals surface area contributed by atoms with Gasteiger partial charge in [-0.1, -0.05) is 145 Å². The van der Waals surface area contributed by atoms with Crippen LogP contribution in [-0.2, 0) is 14.3 Å². The number of allylic oxidation sites excluding steroid dienone is 12. The van der Waals surface area contributed by atoms with Gasteiger partial charge in [-0.2, -0.15) is 0 Å². The molecular weight excluding hydrogens is 670 g/mol. The van der Waals surface area contributed by atoms with Gasteiger partial charge in [0.15, 0.2) is 6.29 Å². The lowest BCUT2D eigenvalue weighted by Crippen LogP contribution is -2.60. The zero-order chi connectivity index (χ0) is 38.8. The second-order valence-electron chi connectivity index (χ2n) is 14.1. The van der Waals surface area contributed by atoms with Crippen LogP contribution in [0.1, 0.15) is 142 Å². The highest BCUT2D eigenvalue weighted by Gasteiger charge is 2.44. The Kier molecular flexibility index (Phi) is 31.3. The van der Waals surface area contributed by atoms with Crippen LogP contribution >= 0.6 is 0 Å². The van der Waals surface area contributed by atoms with E-state index in [0.717, 1.165) is 89.9 Å². The first kappa shape index (κ1) is 48.6. The van der Waals surface area contributed by atoms with Gasteiger partial charge in [0.2, 0.25) is 5.91 Å². The lowest BCUT2D eigenvalue weighted by Gasteiger charge is -2.40. The molecule has 1 rings (SSSR count). The summed E-state index contributed by atoms with van der Waals surface area (Å²) in [5.41, 5.74) is 0. The third-order valence-corrected chi connectivity index (χ3v) is 9.32. The molecule has 1 heterocycles. The molecule has 0 aromatic heterocycles. The molecule has 9 nitrogen and oxygen atoms in total. The molecule has 6 N–H and O–H groups in total. The van der Waals surface area contributed by atoms with Gasteiger partial charge >= 0.3 is 0 Å². The summed E-state index contributed by atoms with van der Waals surface area (Å²) in [6, 6.07) is -0.723. The fourth-order valence-corrected chi connectivity index (χ4v) is 5.98. The van der Waals surface area contributed by atoms with E-state index >= 15 is 0 Å². The predicted octanol–water partition coefficient (Wildman–Crippen LogP) is 7.83. The van der Waals surface area contributed by atoms with E-state index in [4.69, 9.17) is 9.47 Å². The largest absolute Gasteiger partial charge is 0.394 e. The maximum Gasteiger partial charge on any atom is 0.220 e. The Bertz CT molecular complexity index is 1050. The van der Waals surface area contributed by atoms with Crippen molar-refractivity contribution in [3.8, 4) is 0 Å². The minimum absolute atomic E-state index is 0.151. The van der Waals surface area contributed by atoms with Crippen molar-refractivity contribution in [2.75, 3.05) is 13.2 Å². The zero-order valence-corrected chi connectivity index (χ0v) is 33.0. The Labute approximate surface area is 321 Å². The molecule has 1 aliphatic rings. The van der Waals surface area contributed by atoms with E-state index in [1.165, 1.54) is 25.7 Å². The van der Waals surface area contributed by atoms with Gasteiger partial charge in [-0.25, -0.2) is 0 Å². The normalized spacial score (nSPS) is 22.4. The molecule has 1 saturated heterocycles. The van der Waals surface area contributed by atoms with Gasteiger partial charge in [-0.3, -0.25) is 4.79 Å². The molecule has 0 radical (unpaired) electrons. The predicted molar refractivity (Wildman–Crippen MR) is 216 cm³/mol. The van der Waals surface area contributed by atoms with E-state index in [2.05, 4.69) is 92.1 Å². The number of nitrogens with one attached hydrogen (secondary N) is 1. The van der Waals surface area contributed by atoms with E-state index in [1.807, 2.05) is 0 Å². The fraction of sp³-hybridized carbons (Fsp3) is 0.705. The summed E-state index contributed by atoms with van der Waals surface area (Å²) in [6.45, 7) is 3.52. The molecule has 0 aromatic rings. The number of ether oxygens (including phenoxy) is 2. The highest BCUT2D eigenvalue weighted by molar-refractivity contribution is 5.76. The van der Waals surface area contributed by atoms with E-state index in [-0.39, 0.29) is 12.5 Å². The van der Waals surface area contributed by atoms with Crippen molar-refractivity contribution in [2.24, 2.45) is 0 Å². The van der Waals surface area contributed by atoms with Crippen LogP contribution in [0.2, 0.25) is 0 Å². The molecule has 0 saturated carbocycles. The highest BCUT2D eigenvalue weighted by Crippen LogP contribution is 2.22. The molecule has 0 aliphatic carbocycles. The standard InChI is InChI=1S/C44H75NO8/c1-3-5-7-8-9-10-11-12-13-14-15-16-17-18-19-20-21-22-23-24-25-26-27-28-29-30-32-34-40(48)45-37(38(47)33-31-6-4-2)36-52-44-43(51)42(50)41(49)39(35-46)53-44/h5,7,9-10,12-13,15-16,18-19,21-22,37-39,41-44,46-47,49-51H,3-4,6,8,11,14,17,20,23-36H2,1-2H3,(H,45,48)/b7-5-,10-9-,13-12-,16-15-,19-18-,22-21-. The first-order valence-electron chi connectivity index (χ1n) is 20.6. The SMILES string of the molecule is CC/C=C\C/C=C\C/C=C\C/C=C\C/C=C\C/C=C\CCCCCCCCCCC(=O)NC(COC1OC(CO)C(O)C(O)C1O)C(O)CCCCC. The average Bonchev–Trinajstić information content (AvgIpc) is 3.15. The maximum atomic E-state index is 12.8. The van der Waals surface area contributed by atoms with Crippen LogP contribution in [0.25, 0.3) is 0 Å². The molecule has 7 unspecified atom stereocenters. The van der Waals surface area contributed by atoms with Crippen molar-refractivity contribution >= 4 is 5.91 Å². The van der Waals surface area contributed by atoms with E-state index in [9.17, 15) is 30.3 Å². The quantitative estimate of drug-likeness (QED) is 0.0302. The summed E-state index contributed by atoms with van der Waals surface area (Å²) in [7, 11) is 0. The van der Waals surface area contributed by atoms with Crippen LogP contribution in [0.15, 0.2) is 72.9 Å². The number of aliphatic hydroxyl groups is 5. The van der Waals surface area contributed by atoms with Crippen molar-refractivity contribution in [1.82, 2.24) is 5.32 Å². The summed E-state index contributed by atoms with van der Waals surface area (Å²) in [6.07, 6.45) is 38.6. The van der Waals surface area contributed by atoms with Crippen molar-refractivity contribution < 1.29 is 39.8 Å². The van der Waals surface area contributed by atoms with Gasteiger partial charge in [-0.15, -0.1) is 0 Å². The van der Waals surface area contributed by atoms with Crippen LogP contribution in [0.4, 0.5) is 0 Å². The molecule has 0 aromatic carbocycles. The third kappa shape index (κ3) is 25.4. The van der Waals surface area contributed by atoms with Crippen molar-refractivity contribution in [3.05, 3.63) is 72.9 Å². The molecule has 9 heteroatoms. The fourth-order valence-electron chi connectivity index (χ4n) is 5.98. The van der Waals surface area contributed by atoms with Crippen LogP contribution in [0.5, 0.6) is 0 Å². The van der Waals surface area contributed by atoms with Crippen molar-refractivity contribution in [3.63, 3.8) is 0 Å². The summed E-state index contributed by atoms with van der Waals surface area (Å²) in [5, 5.41) is 53.5. The molecule has 1 aliphatic heterocycles. The van der Waals surface area contributed by atoms with Gasteiger partial charge < -0.3 is 40.3 Å². The molecule has 1 amide bonds. The number of hydrogen-bond donors (Lipinski definition) is 6. The number of amides is 1. The van der Waals surface area contributed by atoms with Gasteiger partial charge in [0.1, 0.15) is 24.4 Å². The van der Waals surface area contributed by atoms with E-state index < -0.39 is 49.5 Å². The van der Waals surface area contributed by atoms with Crippen LogP contribution in [0, 0.1) is 0 Å². The molecule has 0 spiro atoms.